The summed E-state index contributed by atoms with van der Waals surface area (Å²) in [6.45, 7) is 0. The van der Waals surface area contributed by atoms with Crippen molar-refractivity contribution < 1.29 is 13.3 Å². The van der Waals surface area contributed by atoms with Gasteiger partial charge in [0, 0.05) is 44.2 Å². The lowest BCUT2D eigenvalue weighted by molar-refractivity contribution is 0.619. The number of aromatic nitrogens is 2. The highest BCUT2D eigenvalue weighted by molar-refractivity contribution is 6.21. The van der Waals surface area contributed by atoms with Gasteiger partial charge < -0.3 is 22.7 Å². The Labute approximate surface area is 313 Å². The Hall–Kier alpha value is -7.57. The quantitative estimate of drug-likeness (QED) is 0.178. The van der Waals surface area contributed by atoms with E-state index in [9.17, 15) is 0 Å². The molecule has 55 heavy (non-hydrogen) atoms. The fourth-order valence-corrected chi connectivity index (χ4v) is 8.44. The number of nitrogens with zero attached hydrogens (tertiary/aromatic N) is 3. The lowest BCUT2D eigenvalue weighted by Crippen LogP contribution is -2.10. The standard InChI is InChI=1S/C49H29N3O3/c1-3-13-30(14-4-1)49-50-47-43(55-49)28-27-42-46(47)36-19-11-23-40(48(36)54-42)52(32-25-26-34-33-17-8-10-24-41(33)53-44(34)29-32)39-22-12-21-38-45(39)35-18-7-9-20-37(35)51(38)31-15-5-2-6-16-31/h1-29H. The Kier molecular flexibility index (Phi) is 6.24. The van der Waals surface area contributed by atoms with Crippen molar-refractivity contribution in [2.75, 3.05) is 4.90 Å². The maximum absolute atomic E-state index is 6.89. The summed E-state index contributed by atoms with van der Waals surface area (Å²) in [6, 6.07) is 60.7. The minimum absolute atomic E-state index is 0.579. The Morgan fingerprint density at radius 1 is 0.436 bits per heavy atom. The van der Waals surface area contributed by atoms with Crippen LogP contribution in [0.5, 0.6) is 0 Å². The minimum atomic E-state index is 0.579. The minimum Gasteiger partial charge on any atom is -0.456 e. The second-order valence-electron chi connectivity index (χ2n) is 13.9. The number of oxazole rings is 1. The van der Waals surface area contributed by atoms with E-state index in [4.69, 9.17) is 18.2 Å². The van der Waals surface area contributed by atoms with Crippen LogP contribution < -0.4 is 4.90 Å². The summed E-state index contributed by atoms with van der Waals surface area (Å²) in [5.74, 6) is 0.579. The number of hydrogen-bond donors (Lipinski definition) is 0. The number of benzene rings is 8. The van der Waals surface area contributed by atoms with Gasteiger partial charge >= 0.3 is 0 Å². The highest BCUT2D eigenvalue weighted by atomic mass is 16.4. The third-order valence-corrected chi connectivity index (χ3v) is 10.8. The molecule has 0 aliphatic heterocycles. The average molecular weight is 708 g/mol. The van der Waals surface area contributed by atoms with Crippen molar-refractivity contribution in [2.24, 2.45) is 0 Å². The number of rotatable bonds is 5. The predicted octanol–water partition coefficient (Wildman–Crippen LogP) is 13.9. The van der Waals surface area contributed by atoms with Gasteiger partial charge in [0.25, 0.3) is 0 Å². The highest BCUT2D eigenvalue weighted by Gasteiger charge is 2.26. The monoisotopic (exact) mass is 707 g/mol. The fourth-order valence-electron chi connectivity index (χ4n) is 8.44. The lowest BCUT2D eigenvalue weighted by atomic mass is 10.1. The molecule has 0 N–H and O–H groups in total. The third kappa shape index (κ3) is 4.39. The zero-order chi connectivity index (χ0) is 36.0. The molecule has 12 aromatic rings. The number of para-hydroxylation sites is 4. The van der Waals surface area contributed by atoms with E-state index in [-0.39, 0.29) is 0 Å². The van der Waals surface area contributed by atoms with E-state index >= 15 is 0 Å². The van der Waals surface area contributed by atoms with E-state index in [2.05, 4.69) is 131 Å². The summed E-state index contributed by atoms with van der Waals surface area (Å²) in [6.07, 6.45) is 0. The summed E-state index contributed by atoms with van der Waals surface area (Å²) < 4.78 is 22.0. The molecule has 0 saturated carbocycles. The van der Waals surface area contributed by atoms with Crippen LogP contribution in [-0.4, -0.2) is 9.55 Å². The smallest absolute Gasteiger partial charge is 0.227 e. The summed E-state index contributed by atoms with van der Waals surface area (Å²) in [7, 11) is 0. The van der Waals surface area contributed by atoms with Crippen LogP contribution in [0.3, 0.4) is 0 Å². The molecule has 6 heteroatoms. The van der Waals surface area contributed by atoms with Crippen LogP contribution in [-0.2, 0) is 0 Å². The van der Waals surface area contributed by atoms with Gasteiger partial charge in [0.05, 0.1) is 33.5 Å². The molecule has 258 valence electrons. The van der Waals surface area contributed by atoms with Gasteiger partial charge in [-0.1, -0.05) is 91.0 Å². The van der Waals surface area contributed by atoms with Gasteiger partial charge in [-0.2, -0.15) is 0 Å². The number of anilines is 3. The van der Waals surface area contributed by atoms with Crippen molar-refractivity contribution in [3.63, 3.8) is 0 Å². The molecule has 0 aliphatic carbocycles. The second-order valence-corrected chi connectivity index (χ2v) is 13.9. The van der Waals surface area contributed by atoms with Crippen molar-refractivity contribution in [1.29, 1.82) is 0 Å². The summed E-state index contributed by atoms with van der Waals surface area (Å²) in [4.78, 5) is 7.35. The predicted molar refractivity (Wildman–Crippen MR) is 223 cm³/mol. The van der Waals surface area contributed by atoms with Crippen LogP contribution in [0.2, 0.25) is 0 Å². The molecule has 0 bridgehead atoms. The van der Waals surface area contributed by atoms with E-state index in [1.807, 2.05) is 54.6 Å². The van der Waals surface area contributed by atoms with Gasteiger partial charge in [0.15, 0.2) is 11.2 Å². The molecule has 0 aliphatic rings. The fraction of sp³-hybridized carbons (Fsp3) is 0. The molecule has 0 amide bonds. The van der Waals surface area contributed by atoms with Crippen molar-refractivity contribution in [1.82, 2.24) is 9.55 Å². The first kappa shape index (κ1) is 29.9. The van der Waals surface area contributed by atoms with Crippen molar-refractivity contribution in [3.05, 3.63) is 176 Å². The van der Waals surface area contributed by atoms with Crippen molar-refractivity contribution in [2.45, 2.75) is 0 Å². The van der Waals surface area contributed by atoms with Crippen LogP contribution in [0.15, 0.2) is 189 Å². The van der Waals surface area contributed by atoms with Crippen LogP contribution in [0.4, 0.5) is 17.1 Å². The van der Waals surface area contributed by atoms with Gasteiger partial charge in [-0.3, -0.25) is 0 Å². The van der Waals surface area contributed by atoms with Gasteiger partial charge in [-0.15, -0.1) is 0 Å². The molecule has 4 aromatic heterocycles. The third-order valence-electron chi connectivity index (χ3n) is 10.8. The van der Waals surface area contributed by atoms with E-state index < -0.39 is 0 Å². The molecule has 4 heterocycles. The maximum Gasteiger partial charge on any atom is 0.227 e. The zero-order valence-electron chi connectivity index (χ0n) is 29.3. The Morgan fingerprint density at radius 3 is 2.02 bits per heavy atom. The Balaban J connectivity index is 1.16. The summed E-state index contributed by atoms with van der Waals surface area (Å²) in [5.41, 5.74) is 11.8. The summed E-state index contributed by atoms with van der Waals surface area (Å²) in [5, 5.41) is 6.33. The van der Waals surface area contributed by atoms with E-state index in [1.54, 1.807) is 0 Å². The molecule has 12 rings (SSSR count). The van der Waals surface area contributed by atoms with E-state index in [0.29, 0.717) is 11.5 Å². The summed E-state index contributed by atoms with van der Waals surface area (Å²) >= 11 is 0. The molecule has 0 saturated heterocycles. The number of hydrogen-bond acceptors (Lipinski definition) is 5. The Bertz CT molecular complexity index is 3440. The largest absolute Gasteiger partial charge is 0.456 e. The van der Waals surface area contributed by atoms with Crippen LogP contribution in [0.25, 0.3) is 93.9 Å². The SMILES string of the molecule is c1ccc(-c2nc3c(ccc4oc5c(N(c6ccc7c(c6)oc6ccccc67)c6cccc7c6c6ccccc6n7-c6ccccc6)cccc5c43)o2)cc1. The highest BCUT2D eigenvalue weighted by Crippen LogP contribution is 2.48. The molecule has 0 fully saturated rings. The van der Waals surface area contributed by atoms with Gasteiger partial charge in [-0.25, -0.2) is 4.98 Å². The molecular formula is C49H29N3O3. The first-order valence-electron chi connectivity index (χ1n) is 18.4. The number of furan rings is 2. The number of fused-ring (bicyclic) bond motifs is 11. The van der Waals surface area contributed by atoms with Gasteiger partial charge in [-0.05, 0) is 78.9 Å². The molecule has 0 atom stereocenters. The molecule has 8 aromatic carbocycles. The van der Waals surface area contributed by atoms with E-state index in [0.717, 1.165) is 99.5 Å². The van der Waals surface area contributed by atoms with Crippen LogP contribution >= 0.6 is 0 Å². The first-order chi connectivity index (χ1) is 27.3. The average Bonchev–Trinajstić information content (AvgIpc) is 4.02. The molecule has 0 spiro atoms. The molecule has 0 unspecified atom stereocenters. The van der Waals surface area contributed by atoms with Gasteiger partial charge in [0.1, 0.15) is 22.3 Å². The van der Waals surface area contributed by atoms with Gasteiger partial charge in [0.2, 0.25) is 5.89 Å². The van der Waals surface area contributed by atoms with Crippen LogP contribution in [0, 0.1) is 0 Å². The Morgan fingerprint density at radius 2 is 1.13 bits per heavy atom. The molecule has 0 radical (unpaired) electrons. The molecule has 6 nitrogen and oxygen atoms in total. The van der Waals surface area contributed by atoms with E-state index in [1.165, 1.54) is 0 Å². The second kappa shape index (κ2) is 11.5. The first-order valence-corrected chi connectivity index (χ1v) is 18.4. The van der Waals surface area contributed by atoms with Crippen molar-refractivity contribution in [3.8, 4) is 17.1 Å². The molecular weight excluding hydrogens is 679 g/mol. The van der Waals surface area contributed by atoms with Crippen LogP contribution in [0.1, 0.15) is 0 Å². The van der Waals surface area contributed by atoms with Crippen molar-refractivity contribution >= 4 is 93.8 Å². The topological polar surface area (TPSA) is 60.5 Å². The zero-order valence-corrected chi connectivity index (χ0v) is 29.3. The lowest BCUT2D eigenvalue weighted by Gasteiger charge is -2.26. The normalized spacial score (nSPS) is 12.0. The maximum atomic E-state index is 6.89.